The molecule has 0 aliphatic carbocycles. The quantitative estimate of drug-likeness (QED) is 0.489. The van der Waals surface area contributed by atoms with E-state index in [4.69, 9.17) is 9.47 Å². The Labute approximate surface area is 156 Å². The zero-order chi connectivity index (χ0) is 19.7. The van der Waals surface area contributed by atoms with Gasteiger partial charge in [0.2, 0.25) is 0 Å². The molecule has 0 saturated carbocycles. The van der Waals surface area contributed by atoms with E-state index >= 15 is 0 Å². The average Bonchev–Trinajstić information content (AvgIpc) is 2.66. The summed E-state index contributed by atoms with van der Waals surface area (Å²) in [6, 6.07) is 7.82. The van der Waals surface area contributed by atoms with E-state index in [1.807, 2.05) is 0 Å². The first kappa shape index (κ1) is 18.7. The third-order valence-electron chi connectivity index (χ3n) is 4.71. The van der Waals surface area contributed by atoms with Gasteiger partial charge in [0.1, 0.15) is 23.3 Å². The van der Waals surface area contributed by atoms with Crippen LogP contribution < -0.4 is 14.4 Å². The number of ether oxygens (including phenoxy) is 2. The average molecular weight is 372 g/mol. The molecule has 27 heavy (non-hydrogen) atoms. The first-order valence-electron chi connectivity index (χ1n) is 8.33. The molecule has 3 rings (SSSR count). The van der Waals surface area contributed by atoms with Crippen molar-refractivity contribution in [3.63, 3.8) is 0 Å². The van der Waals surface area contributed by atoms with Gasteiger partial charge < -0.3 is 19.5 Å². The highest BCUT2D eigenvalue weighted by Gasteiger charge is 2.32. The Hall–Kier alpha value is -3.13. The number of nitro groups is 1. The molecule has 1 unspecified atom stereocenters. The van der Waals surface area contributed by atoms with Crippen LogP contribution >= 0.6 is 0 Å². The molecule has 1 aliphatic heterocycles. The number of Topliss-reactive ketones (excluding diaryl/α,β-unsaturated/α-hetero) is 1. The number of benzene rings is 2. The molecule has 2 aromatic rings. The van der Waals surface area contributed by atoms with Gasteiger partial charge in [-0.05, 0) is 31.2 Å². The Morgan fingerprint density at radius 1 is 1.22 bits per heavy atom. The molecule has 0 radical (unpaired) electrons. The van der Waals surface area contributed by atoms with Crippen molar-refractivity contribution in [3.8, 4) is 11.5 Å². The van der Waals surface area contributed by atoms with Crippen molar-refractivity contribution in [1.82, 2.24) is 0 Å². The first-order chi connectivity index (χ1) is 12.9. The fourth-order valence-corrected chi connectivity index (χ4v) is 3.42. The predicted octanol–water partition coefficient (Wildman–Crippen LogP) is 2.87. The standard InChI is InChI=1S/C19H20N2O6/c1-11(22)12-4-5-14(15(8-12)21(24)25)20-9-13-17(26-2)6-7-18(27-3)19(13)16(23)10-20/h4-8,16,23H,9-10H2,1-3H3. The minimum Gasteiger partial charge on any atom is -0.496 e. The predicted molar refractivity (Wildman–Crippen MR) is 98.7 cm³/mol. The van der Waals surface area contributed by atoms with Gasteiger partial charge in [-0.1, -0.05) is 0 Å². The molecule has 0 aromatic heterocycles. The number of hydrogen-bond acceptors (Lipinski definition) is 7. The number of β-amino-alcohol motifs (C(OH)–C–C–N with tert-alkyl or cyclic N) is 1. The van der Waals surface area contributed by atoms with Gasteiger partial charge in [0.25, 0.3) is 5.69 Å². The Morgan fingerprint density at radius 3 is 2.48 bits per heavy atom. The molecule has 1 aliphatic rings. The lowest BCUT2D eigenvalue weighted by Gasteiger charge is -2.35. The van der Waals surface area contributed by atoms with Crippen molar-refractivity contribution in [2.24, 2.45) is 0 Å². The number of hydrogen-bond donors (Lipinski definition) is 1. The van der Waals surface area contributed by atoms with Gasteiger partial charge in [-0.25, -0.2) is 0 Å². The fourth-order valence-electron chi connectivity index (χ4n) is 3.42. The van der Waals surface area contributed by atoms with Gasteiger partial charge in [0, 0.05) is 35.8 Å². The number of nitrogens with zero attached hydrogens (tertiary/aromatic N) is 2. The summed E-state index contributed by atoms with van der Waals surface area (Å²) in [5.74, 6) is 0.858. The molecule has 0 bridgehead atoms. The summed E-state index contributed by atoms with van der Waals surface area (Å²) in [7, 11) is 3.05. The Bertz CT molecular complexity index is 911. The van der Waals surface area contributed by atoms with Gasteiger partial charge in [0.05, 0.1) is 19.1 Å². The van der Waals surface area contributed by atoms with Crippen LogP contribution in [0.25, 0.3) is 0 Å². The molecule has 8 heteroatoms. The SMILES string of the molecule is COc1ccc(OC)c2c1CN(c1ccc(C(C)=O)cc1[N+](=O)[O-])CC2O. The molecule has 2 aromatic carbocycles. The number of aliphatic hydroxyl groups is 1. The maximum absolute atomic E-state index is 11.6. The summed E-state index contributed by atoms with van der Waals surface area (Å²) < 4.78 is 10.7. The van der Waals surface area contributed by atoms with Crippen LogP contribution in [0.3, 0.4) is 0 Å². The van der Waals surface area contributed by atoms with Crippen LogP contribution in [0.4, 0.5) is 11.4 Å². The topological polar surface area (TPSA) is 102 Å². The van der Waals surface area contributed by atoms with Crippen molar-refractivity contribution in [3.05, 3.63) is 57.1 Å². The van der Waals surface area contributed by atoms with Gasteiger partial charge in [-0.3, -0.25) is 14.9 Å². The third kappa shape index (κ3) is 3.31. The lowest BCUT2D eigenvalue weighted by molar-refractivity contribution is -0.384. The summed E-state index contributed by atoms with van der Waals surface area (Å²) in [6.45, 7) is 1.81. The third-order valence-corrected chi connectivity index (χ3v) is 4.71. The van der Waals surface area contributed by atoms with Crippen LogP contribution in [-0.4, -0.2) is 36.6 Å². The second-order valence-corrected chi connectivity index (χ2v) is 6.28. The van der Waals surface area contributed by atoms with E-state index in [1.54, 1.807) is 29.2 Å². The van der Waals surface area contributed by atoms with E-state index in [0.717, 1.165) is 0 Å². The number of methoxy groups -OCH3 is 2. The van der Waals surface area contributed by atoms with Crippen molar-refractivity contribution in [1.29, 1.82) is 0 Å². The largest absolute Gasteiger partial charge is 0.496 e. The maximum atomic E-state index is 11.6. The minimum absolute atomic E-state index is 0.150. The van der Waals surface area contributed by atoms with E-state index < -0.39 is 11.0 Å². The van der Waals surface area contributed by atoms with Crippen molar-refractivity contribution >= 4 is 17.2 Å². The highest BCUT2D eigenvalue weighted by atomic mass is 16.6. The zero-order valence-corrected chi connectivity index (χ0v) is 15.3. The van der Waals surface area contributed by atoms with Gasteiger partial charge >= 0.3 is 0 Å². The summed E-state index contributed by atoms with van der Waals surface area (Å²) >= 11 is 0. The van der Waals surface area contributed by atoms with Crippen molar-refractivity contribution in [2.45, 2.75) is 19.6 Å². The van der Waals surface area contributed by atoms with E-state index in [9.17, 15) is 20.0 Å². The van der Waals surface area contributed by atoms with Crippen LogP contribution in [0.15, 0.2) is 30.3 Å². The number of ketones is 1. The maximum Gasteiger partial charge on any atom is 0.293 e. The second kappa shape index (κ2) is 7.24. The molecule has 8 nitrogen and oxygen atoms in total. The molecule has 1 N–H and O–H groups in total. The Morgan fingerprint density at radius 2 is 1.89 bits per heavy atom. The highest BCUT2D eigenvalue weighted by Crippen LogP contribution is 2.42. The highest BCUT2D eigenvalue weighted by molar-refractivity contribution is 5.95. The van der Waals surface area contributed by atoms with E-state index in [0.29, 0.717) is 34.9 Å². The van der Waals surface area contributed by atoms with E-state index in [1.165, 1.54) is 27.2 Å². The number of carbonyl (C=O) groups excluding carboxylic acids is 1. The summed E-state index contributed by atoms with van der Waals surface area (Å²) in [5.41, 5.74) is 1.75. The van der Waals surface area contributed by atoms with Gasteiger partial charge in [-0.2, -0.15) is 0 Å². The monoisotopic (exact) mass is 372 g/mol. The molecule has 1 heterocycles. The first-order valence-corrected chi connectivity index (χ1v) is 8.33. The number of aliphatic hydroxyl groups excluding tert-OH is 1. The molecule has 0 amide bonds. The molecule has 0 saturated heterocycles. The van der Waals surface area contributed by atoms with Crippen molar-refractivity contribution in [2.75, 3.05) is 25.7 Å². The van der Waals surface area contributed by atoms with Crippen LogP contribution in [-0.2, 0) is 6.54 Å². The van der Waals surface area contributed by atoms with Crippen LogP contribution in [0, 0.1) is 10.1 Å². The Balaban J connectivity index is 2.09. The van der Waals surface area contributed by atoms with E-state index in [2.05, 4.69) is 0 Å². The lowest BCUT2D eigenvalue weighted by Crippen LogP contribution is -2.34. The summed E-state index contributed by atoms with van der Waals surface area (Å²) in [5, 5.41) is 22.2. The minimum atomic E-state index is -0.911. The molecule has 1 atom stereocenters. The smallest absolute Gasteiger partial charge is 0.293 e. The van der Waals surface area contributed by atoms with Gasteiger partial charge in [0.15, 0.2) is 5.78 Å². The normalized spacial score (nSPS) is 15.9. The summed E-state index contributed by atoms with van der Waals surface area (Å²) in [4.78, 5) is 24.3. The molecular weight excluding hydrogens is 352 g/mol. The zero-order valence-electron chi connectivity index (χ0n) is 15.3. The number of carbonyl (C=O) groups is 1. The number of fused-ring (bicyclic) bond motifs is 1. The molecular formula is C19H20N2O6. The number of anilines is 1. The van der Waals surface area contributed by atoms with Crippen LogP contribution in [0.1, 0.15) is 34.5 Å². The second-order valence-electron chi connectivity index (χ2n) is 6.28. The number of nitro benzene ring substituents is 1. The van der Waals surface area contributed by atoms with E-state index in [-0.39, 0.29) is 23.6 Å². The Kier molecular flexibility index (Phi) is 5.00. The summed E-state index contributed by atoms with van der Waals surface area (Å²) in [6.07, 6.45) is -0.911. The molecule has 142 valence electrons. The lowest BCUT2D eigenvalue weighted by atomic mass is 9.94. The van der Waals surface area contributed by atoms with Crippen molar-refractivity contribution < 1.29 is 24.3 Å². The number of rotatable bonds is 5. The van der Waals surface area contributed by atoms with Crippen LogP contribution in [0.2, 0.25) is 0 Å². The molecule has 0 spiro atoms. The van der Waals surface area contributed by atoms with Crippen LogP contribution in [0.5, 0.6) is 11.5 Å². The van der Waals surface area contributed by atoms with Gasteiger partial charge in [-0.15, -0.1) is 0 Å². The fraction of sp³-hybridized carbons (Fsp3) is 0.316. The molecule has 0 fully saturated rings.